The van der Waals surface area contributed by atoms with E-state index in [9.17, 15) is 13.5 Å². The zero-order valence-corrected chi connectivity index (χ0v) is 16.2. The molecule has 0 fully saturated rings. The summed E-state index contributed by atoms with van der Waals surface area (Å²) in [7, 11) is -3.87. The number of aryl methyl sites for hydroxylation is 1. The Kier molecular flexibility index (Phi) is 5.00. The second-order valence-corrected chi connectivity index (χ2v) is 8.79. The molecular formula is C20H22N2O4S. The highest BCUT2D eigenvalue weighted by atomic mass is 32.2. The average Bonchev–Trinajstić information content (AvgIpc) is 2.65. The fraction of sp³-hybridized carbons (Fsp3) is 0.350. The van der Waals surface area contributed by atoms with Crippen molar-refractivity contribution in [3.8, 4) is 5.75 Å². The van der Waals surface area contributed by atoms with E-state index >= 15 is 0 Å². The SMILES string of the molecule is [C-]#[N+]c1ccc2c(c1)[C@@H](NS(=O)(=O)c1ccc(CC)cc1)[C@H](O)C(C)(C)O2. The Bertz CT molecular complexity index is 992. The van der Waals surface area contributed by atoms with Gasteiger partial charge in [-0.05, 0) is 50.1 Å². The summed E-state index contributed by atoms with van der Waals surface area (Å²) in [5, 5.41) is 10.8. The number of ether oxygens (including phenoxy) is 1. The first-order valence-electron chi connectivity index (χ1n) is 8.67. The fourth-order valence-corrected chi connectivity index (χ4v) is 4.34. The molecule has 1 heterocycles. The van der Waals surface area contributed by atoms with Crippen LogP contribution in [0.5, 0.6) is 5.75 Å². The summed E-state index contributed by atoms with van der Waals surface area (Å²) in [5.74, 6) is 0.451. The lowest BCUT2D eigenvalue weighted by molar-refractivity contribution is -0.0602. The number of aliphatic hydroxyl groups is 1. The van der Waals surface area contributed by atoms with Crippen LogP contribution in [0.15, 0.2) is 47.4 Å². The van der Waals surface area contributed by atoms with Gasteiger partial charge in [-0.25, -0.2) is 18.0 Å². The molecule has 2 aromatic rings. The highest BCUT2D eigenvalue weighted by molar-refractivity contribution is 7.89. The second-order valence-electron chi connectivity index (χ2n) is 7.08. The van der Waals surface area contributed by atoms with Crippen molar-refractivity contribution in [2.75, 3.05) is 0 Å². The summed E-state index contributed by atoms with van der Waals surface area (Å²) in [4.78, 5) is 3.51. The Labute approximate surface area is 159 Å². The molecule has 0 unspecified atom stereocenters. The van der Waals surface area contributed by atoms with Gasteiger partial charge in [0.1, 0.15) is 17.5 Å². The normalized spacial score (nSPS) is 21.0. The van der Waals surface area contributed by atoms with E-state index in [1.54, 1.807) is 56.3 Å². The van der Waals surface area contributed by atoms with E-state index in [1.165, 1.54) is 0 Å². The van der Waals surface area contributed by atoms with Gasteiger partial charge in [0.2, 0.25) is 10.0 Å². The van der Waals surface area contributed by atoms with E-state index < -0.39 is 27.8 Å². The lowest BCUT2D eigenvalue weighted by Gasteiger charge is -2.42. The van der Waals surface area contributed by atoms with Crippen LogP contribution in [0.25, 0.3) is 4.85 Å². The van der Waals surface area contributed by atoms with Crippen molar-refractivity contribution in [3.63, 3.8) is 0 Å². The predicted octanol–water partition coefficient (Wildman–Crippen LogP) is 3.35. The van der Waals surface area contributed by atoms with E-state index in [1.807, 2.05) is 6.92 Å². The van der Waals surface area contributed by atoms with E-state index in [0.717, 1.165) is 12.0 Å². The van der Waals surface area contributed by atoms with Gasteiger partial charge in [0.15, 0.2) is 5.69 Å². The average molecular weight is 386 g/mol. The van der Waals surface area contributed by atoms with Crippen LogP contribution >= 0.6 is 0 Å². The lowest BCUT2D eigenvalue weighted by atomic mass is 9.87. The van der Waals surface area contributed by atoms with Crippen molar-refractivity contribution < 1.29 is 18.3 Å². The van der Waals surface area contributed by atoms with Crippen molar-refractivity contribution >= 4 is 15.7 Å². The molecule has 0 aliphatic carbocycles. The standard InChI is InChI=1S/C20H22N2O4S/c1-5-13-6-9-15(10-7-13)27(24,25)22-18-16-12-14(21-4)8-11-17(16)26-20(2,3)19(18)23/h6-12,18-19,22-23H,5H2,1-3H3/t18-,19+/m1/s1. The van der Waals surface area contributed by atoms with Gasteiger partial charge in [0.25, 0.3) is 0 Å². The van der Waals surface area contributed by atoms with E-state index in [2.05, 4.69) is 9.57 Å². The number of benzene rings is 2. The molecule has 0 aromatic heterocycles. The number of fused-ring (bicyclic) bond motifs is 1. The van der Waals surface area contributed by atoms with Crippen LogP contribution < -0.4 is 9.46 Å². The minimum Gasteiger partial charge on any atom is -0.485 e. The number of nitrogens with zero attached hydrogens (tertiary/aromatic N) is 1. The fourth-order valence-electron chi connectivity index (χ4n) is 3.12. The largest absolute Gasteiger partial charge is 0.485 e. The summed E-state index contributed by atoms with van der Waals surface area (Å²) in [6.07, 6.45) is -0.316. The van der Waals surface area contributed by atoms with Crippen LogP contribution in [-0.2, 0) is 16.4 Å². The molecule has 6 nitrogen and oxygen atoms in total. The smallest absolute Gasteiger partial charge is 0.241 e. The van der Waals surface area contributed by atoms with Crippen LogP contribution in [0.2, 0.25) is 0 Å². The van der Waals surface area contributed by atoms with Gasteiger partial charge in [0, 0.05) is 5.56 Å². The Balaban J connectivity index is 2.02. The van der Waals surface area contributed by atoms with E-state index in [0.29, 0.717) is 17.0 Å². The molecule has 0 amide bonds. The molecule has 2 atom stereocenters. The zero-order chi connectivity index (χ0) is 19.8. The van der Waals surface area contributed by atoms with Crippen molar-refractivity contribution in [2.45, 2.75) is 49.8 Å². The van der Waals surface area contributed by atoms with Crippen molar-refractivity contribution in [1.29, 1.82) is 0 Å². The van der Waals surface area contributed by atoms with Gasteiger partial charge in [0.05, 0.1) is 17.5 Å². The van der Waals surface area contributed by atoms with Gasteiger partial charge >= 0.3 is 0 Å². The van der Waals surface area contributed by atoms with Gasteiger partial charge in [-0.2, -0.15) is 0 Å². The molecule has 7 heteroatoms. The van der Waals surface area contributed by atoms with Crippen molar-refractivity contribution in [1.82, 2.24) is 4.72 Å². The molecule has 142 valence electrons. The van der Waals surface area contributed by atoms with Crippen LogP contribution in [0, 0.1) is 6.57 Å². The maximum Gasteiger partial charge on any atom is 0.241 e. The Hall–Kier alpha value is -2.40. The molecule has 0 radical (unpaired) electrons. The number of nitrogens with one attached hydrogen (secondary N) is 1. The molecule has 0 spiro atoms. The van der Waals surface area contributed by atoms with Crippen LogP contribution in [0.1, 0.15) is 37.9 Å². The molecule has 0 saturated carbocycles. The highest BCUT2D eigenvalue weighted by Crippen LogP contribution is 2.42. The molecule has 1 aliphatic heterocycles. The molecule has 0 bridgehead atoms. The van der Waals surface area contributed by atoms with Gasteiger partial charge in [-0.1, -0.05) is 25.1 Å². The highest BCUT2D eigenvalue weighted by Gasteiger charge is 2.44. The number of aliphatic hydroxyl groups excluding tert-OH is 1. The summed E-state index contributed by atoms with van der Waals surface area (Å²) >= 11 is 0. The van der Waals surface area contributed by atoms with Crippen LogP contribution in [-0.4, -0.2) is 25.2 Å². The van der Waals surface area contributed by atoms with Crippen molar-refractivity contribution in [3.05, 3.63) is 65.0 Å². The third-order valence-electron chi connectivity index (χ3n) is 4.78. The number of rotatable bonds is 4. The molecule has 3 rings (SSSR count). The first-order chi connectivity index (χ1) is 12.7. The Morgan fingerprint density at radius 2 is 1.89 bits per heavy atom. The minimum atomic E-state index is -3.87. The molecule has 2 aromatic carbocycles. The molecule has 27 heavy (non-hydrogen) atoms. The molecule has 1 aliphatic rings. The lowest BCUT2D eigenvalue weighted by Crippen LogP contribution is -2.53. The van der Waals surface area contributed by atoms with Crippen LogP contribution in [0.4, 0.5) is 5.69 Å². The predicted molar refractivity (Wildman–Crippen MR) is 102 cm³/mol. The summed E-state index contributed by atoms with van der Waals surface area (Å²) < 4.78 is 34.2. The van der Waals surface area contributed by atoms with Gasteiger partial charge < -0.3 is 9.84 Å². The second kappa shape index (κ2) is 6.97. The quantitative estimate of drug-likeness (QED) is 0.790. The number of hydrogen-bond acceptors (Lipinski definition) is 4. The zero-order valence-electron chi connectivity index (χ0n) is 15.4. The molecule has 0 saturated heterocycles. The third kappa shape index (κ3) is 3.69. The monoisotopic (exact) mass is 386 g/mol. The van der Waals surface area contributed by atoms with Crippen LogP contribution in [0.3, 0.4) is 0 Å². The Morgan fingerprint density at radius 3 is 2.48 bits per heavy atom. The summed E-state index contributed by atoms with van der Waals surface area (Å²) in [6.45, 7) is 12.6. The third-order valence-corrected chi connectivity index (χ3v) is 6.24. The van der Waals surface area contributed by atoms with Gasteiger partial charge in [-0.3, -0.25) is 0 Å². The topological polar surface area (TPSA) is 80.0 Å². The number of sulfonamides is 1. The van der Waals surface area contributed by atoms with E-state index in [4.69, 9.17) is 11.3 Å². The Morgan fingerprint density at radius 1 is 1.22 bits per heavy atom. The minimum absolute atomic E-state index is 0.124. The maximum atomic E-state index is 12.9. The van der Waals surface area contributed by atoms with Crippen molar-refractivity contribution in [2.24, 2.45) is 0 Å². The first kappa shape index (κ1) is 19.4. The maximum absolute atomic E-state index is 12.9. The number of hydrogen-bond donors (Lipinski definition) is 2. The summed E-state index contributed by atoms with van der Waals surface area (Å²) in [6, 6.07) is 10.5. The van der Waals surface area contributed by atoms with E-state index in [-0.39, 0.29) is 4.90 Å². The first-order valence-corrected chi connectivity index (χ1v) is 10.2. The van der Waals surface area contributed by atoms with Gasteiger partial charge in [-0.15, -0.1) is 0 Å². The molecule has 2 N–H and O–H groups in total. The molecular weight excluding hydrogens is 364 g/mol. The summed E-state index contributed by atoms with van der Waals surface area (Å²) in [5.41, 5.74) is 0.837.